The van der Waals surface area contributed by atoms with Crippen LogP contribution in [0.25, 0.3) is 0 Å². The second kappa shape index (κ2) is 6.11. The van der Waals surface area contributed by atoms with Gasteiger partial charge in [0, 0.05) is 42.5 Å². The van der Waals surface area contributed by atoms with Crippen LogP contribution in [0.4, 0.5) is 17.1 Å². The lowest BCUT2D eigenvalue weighted by Crippen LogP contribution is -2.25. The summed E-state index contributed by atoms with van der Waals surface area (Å²) in [6.45, 7) is 2.15. The van der Waals surface area contributed by atoms with Crippen LogP contribution < -0.4 is 10.2 Å². The summed E-state index contributed by atoms with van der Waals surface area (Å²) in [5.74, 6) is -0.398. The molecule has 1 heterocycles. The molecule has 24 heavy (non-hydrogen) atoms. The van der Waals surface area contributed by atoms with Crippen molar-refractivity contribution >= 4 is 28.9 Å². The first-order valence-corrected chi connectivity index (χ1v) is 7.42. The van der Waals surface area contributed by atoms with Gasteiger partial charge < -0.3 is 10.2 Å². The zero-order chi connectivity index (χ0) is 17.3. The first-order valence-electron chi connectivity index (χ1n) is 7.42. The van der Waals surface area contributed by atoms with E-state index in [0.717, 1.165) is 17.7 Å². The molecular weight excluding hydrogens is 310 g/mol. The number of nitro benzene ring substituents is 1. The highest BCUT2D eigenvalue weighted by molar-refractivity contribution is 6.05. The summed E-state index contributed by atoms with van der Waals surface area (Å²) in [5, 5.41) is 13.4. The Bertz CT molecular complexity index is 830. The highest BCUT2D eigenvalue weighted by atomic mass is 16.6. The standard InChI is InChI=1S/C17H15N3O4/c1-11(21)19-9-8-12-2-5-14(10-16(12)19)18-17(22)13-3-6-15(7-4-13)20(23)24/h2-7,10H,8-9H2,1H3,(H,18,22). The first-order chi connectivity index (χ1) is 11.5. The van der Waals surface area contributed by atoms with E-state index in [2.05, 4.69) is 5.32 Å². The number of nitro groups is 1. The van der Waals surface area contributed by atoms with Crippen molar-refractivity contribution in [3.8, 4) is 0 Å². The van der Waals surface area contributed by atoms with Gasteiger partial charge in [-0.25, -0.2) is 0 Å². The average Bonchev–Trinajstić information content (AvgIpc) is 2.98. The number of hydrogen-bond donors (Lipinski definition) is 1. The molecule has 7 nitrogen and oxygen atoms in total. The van der Waals surface area contributed by atoms with E-state index in [1.807, 2.05) is 6.07 Å². The van der Waals surface area contributed by atoms with Gasteiger partial charge >= 0.3 is 0 Å². The Labute approximate surface area is 138 Å². The number of amides is 2. The SMILES string of the molecule is CC(=O)N1CCc2ccc(NC(=O)c3ccc([N+](=O)[O-])cc3)cc21. The van der Waals surface area contributed by atoms with E-state index in [-0.39, 0.29) is 17.5 Å². The Kier molecular flexibility index (Phi) is 3.99. The van der Waals surface area contributed by atoms with Crippen LogP contribution in [0.3, 0.4) is 0 Å². The normalized spacial score (nSPS) is 12.6. The van der Waals surface area contributed by atoms with Crippen molar-refractivity contribution in [2.75, 3.05) is 16.8 Å². The van der Waals surface area contributed by atoms with Gasteiger partial charge in [-0.2, -0.15) is 0 Å². The molecule has 122 valence electrons. The molecule has 0 unspecified atom stereocenters. The molecule has 0 aliphatic carbocycles. The molecule has 0 fully saturated rings. The molecule has 2 amide bonds. The van der Waals surface area contributed by atoms with Gasteiger partial charge in [0.05, 0.1) is 4.92 Å². The fourth-order valence-corrected chi connectivity index (χ4v) is 2.72. The van der Waals surface area contributed by atoms with E-state index < -0.39 is 4.92 Å². The number of non-ortho nitro benzene ring substituents is 1. The van der Waals surface area contributed by atoms with Crippen molar-refractivity contribution < 1.29 is 14.5 Å². The zero-order valence-electron chi connectivity index (χ0n) is 13.0. The molecule has 0 spiro atoms. The zero-order valence-corrected chi connectivity index (χ0v) is 13.0. The van der Waals surface area contributed by atoms with E-state index in [0.29, 0.717) is 17.8 Å². The third kappa shape index (κ3) is 2.96. The first kappa shape index (κ1) is 15.7. The van der Waals surface area contributed by atoms with Crippen LogP contribution in [0.5, 0.6) is 0 Å². The lowest BCUT2D eigenvalue weighted by Gasteiger charge is -2.15. The van der Waals surface area contributed by atoms with E-state index in [1.54, 1.807) is 17.0 Å². The number of carbonyl (C=O) groups is 2. The van der Waals surface area contributed by atoms with Crippen LogP contribution in [0.15, 0.2) is 42.5 Å². The Morgan fingerprint density at radius 3 is 2.50 bits per heavy atom. The number of hydrogen-bond acceptors (Lipinski definition) is 4. The maximum atomic E-state index is 12.2. The van der Waals surface area contributed by atoms with E-state index >= 15 is 0 Å². The minimum atomic E-state index is -0.515. The van der Waals surface area contributed by atoms with Gasteiger partial charge in [-0.05, 0) is 36.2 Å². The van der Waals surface area contributed by atoms with Crippen LogP contribution in [0.1, 0.15) is 22.8 Å². The van der Waals surface area contributed by atoms with Crippen LogP contribution in [-0.2, 0) is 11.2 Å². The third-order valence-electron chi connectivity index (χ3n) is 3.96. The maximum Gasteiger partial charge on any atom is 0.269 e. The van der Waals surface area contributed by atoms with Gasteiger partial charge in [0.25, 0.3) is 11.6 Å². The van der Waals surface area contributed by atoms with Gasteiger partial charge in [-0.1, -0.05) is 6.07 Å². The number of nitrogens with one attached hydrogen (secondary N) is 1. The third-order valence-corrected chi connectivity index (χ3v) is 3.96. The summed E-state index contributed by atoms with van der Waals surface area (Å²) >= 11 is 0. The monoisotopic (exact) mass is 325 g/mol. The molecule has 1 aliphatic heterocycles. The van der Waals surface area contributed by atoms with Crippen LogP contribution in [0.2, 0.25) is 0 Å². The molecule has 3 rings (SSSR count). The van der Waals surface area contributed by atoms with Gasteiger partial charge in [-0.15, -0.1) is 0 Å². The average molecular weight is 325 g/mol. The molecular formula is C17H15N3O4. The summed E-state index contributed by atoms with van der Waals surface area (Å²) in [4.78, 5) is 35.7. The molecule has 0 atom stereocenters. The molecule has 2 aromatic rings. The largest absolute Gasteiger partial charge is 0.322 e. The predicted molar refractivity (Wildman–Crippen MR) is 89.2 cm³/mol. The van der Waals surface area contributed by atoms with Gasteiger partial charge in [0.2, 0.25) is 5.91 Å². The summed E-state index contributed by atoms with van der Waals surface area (Å²) in [6, 6.07) is 10.8. The lowest BCUT2D eigenvalue weighted by molar-refractivity contribution is -0.384. The highest BCUT2D eigenvalue weighted by Crippen LogP contribution is 2.31. The van der Waals surface area contributed by atoms with Gasteiger partial charge in [0.15, 0.2) is 0 Å². The second-order valence-corrected chi connectivity index (χ2v) is 5.52. The summed E-state index contributed by atoms with van der Waals surface area (Å²) in [7, 11) is 0. The Balaban J connectivity index is 1.79. The summed E-state index contributed by atoms with van der Waals surface area (Å²) < 4.78 is 0. The van der Waals surface area contributed by atoms with Crippen LogP contribution in [0, 0.1) is 10.1 Å². The number of carbonyl (C=O) groups excluding carboxylic acids is 2. The summed E-state index contributed by atoms with van der Waals surface area (Å²) in [6.07, 6.45) is 0.797. The lowest BCUT2D eigenvalue weighted by atomic mass is 10.1. The Hall–Kier alpha value is -3.22. The van der Waals surface area contributed by atoms with Crippen molar-refractivity contribution in [1.82, 2.24) is 0 Å². The number of benzene rings is 2. The molecule has 0 aromatic heterocycles. The van der Waals surface area contributed by atoms with E-state index in [4.69, 9.17) is 0 Å². The Morgan fingerprint density at radius 2 is 1.88 bits per heavy atom. The van der Waals surface area contributed by atoms with Crippen molar-refractivity contribution in [3.63, 3.8) is 0 Å². The number of fused-ring (bicyclic) bond motifs is 1. The molecule has 0 saturated carbocycles. The molecule has 1 aliphatic rings. The fourth-order valence-electron chi connectivity index (χ4n) is 2.72. The van der Waals surface area contributed by atoms with Crippen LogP contribution in [-0.4, -0.2) is 23.3 Å². The molecule has 2 aromatic carbocycles. The van der Waals surface area contributed by atoms with E-state index in [9.17, 15) is 19.7 Å². The number of rotatable bonds is 3. The molecule has 1 N–H and O–H groups in total. The molecule has 0 saturated heterocycles. The van der Waals surface area contributed by atoms with Gasteiger partial charge in [0.1, 0.15) is 0 Å². The highest BCUT2D eigenvalue weighted by Gasteiger charge is 2.22. The Morgan fingerprint density at radius 1 is 1.17 bits per heavy atom. The minimum Gasteiger partial charge on any atom is -0.322 e. The van der Waals surface area contributed by atoms with E-state index in [1.165, 1.54) is 31.2 Å². The molecule has 0 radical (unpaired) electrons. The quantitative estimate of drug-likeness (QED) is 0.693. The molecule has 7 heteroatoms. The van der Waals surface area contributed by atoms with Gasteiger partial charge in [-0.3, -0.25) is 19.7 Å². The van der Waals surface area contributed by atoms with Crippen LogP contribution >= 0.6 is 0 Å². The minimum absolute atomic E-state index is 0.0346. The number of nitrogens with zero attached hydrogens (tertiary/aromatic N) is 2. The summed E-state index contributed by atoms with van der Waals surface area (Å²) in [5.41, 5.74) is 2.71. The van der Waals surface area contributed by atoms with Crippen molar-refractivity contribution in [2.24, 2.45) is 0 Å². The topological polar surface area (TPSA) is 92.6 Å². The smallest absolute Gasteiger partial charge is 0.269 e. The fraction of sp³-hybridized carbons (Fsp3) is 0.176. The molecule has 0 bridgehead atoms. The van der Waals surface area contributed by atoms with Crippen molar-refractivity contribution in [1.29, 1.82) is 0 Å². The van der Waals surface area contributed by atoms with Crippen molar-refractivity contribution in [2.45, 2.75) is 13.3 Å². The van der Waals surface area contributed by atoms with Crippen molar-refractivity contribution in [3.05, 3.63) is 63.7 Å². The second-order valence-electron chi connectivity index (χ2n) is 5.52. The number of anilines is 2. The maximum absolute atomic E-state index is 12.2. The predicted octanol–water partition coefficient (Wildman–Crippen LogP) is 2.76.